The number of hydrogen-bond donors (Lipinski definition) is 1. The number of methoxy groups -OCH3 is 2. The second-order valence-corrected chi connectivity index (χ2v) is 10.4. The number of nitrogens with zero attached hydrogens (tertiary/aromatic N) is 1. The van der Waals surface area contributed by atoms with Gasteiger partial charge >= 0.3 is 0 Å². The molecule has 1 N–H and O–H groups in total. The van der Waals surface area contributed by atoms with Crippen LogP contribution < -0.4 is 14.2 Å². The molecule has 0 radical (unpaired) electrons. The van der Waals surface area contributed by atoms with Gasteiger partial charge in [0.05, 0.1) is 31.8 Å². The van der Waals surface area contributed by atoms with E-state index >= 15 is 0 Å². The molecule has 1 saturated heterocycles. The average Bonchev–Trinajstić information content (AvgIpc) is 2.94. The minimum absolute atomic E-state index is 0.0266. The summed E-state index contributed by atoms with van der Waals surface area (Å²) in [6.45, 7) is 0.480. The summed E-state index contributed by atoms with van der Waals surface area (Å²) in [4.78, 5) is 16.7. The highest BCUT2D eigenvalue weighted by Gasteiger charge is 2.52. The molecule has 6 nitrogen and oxygen atoms in total. The predicted molar refractivity (Wildman–Crippen MR) is 140 cm³/mol. The minimum Gasteiger partial charge on any atom is -0.497 e. The smallest absolute Gasteiger partial charge is 0.235 e. The molecule has 3 aromatic rings. The summed E-state index contributed by atoms with van der Waals surface area (Å²) >= 11 is 0. The molecule has 2 heterocycles. The van der Waals surface area contributed by atoms with Crippen LogP contribution in [0.4, 0.5) is 0 Å². The van der Waals surface area contributed by atoms with Crippen LogP contribution in [-0.2, 0) is 4.79 Å². The Morgan fingerprint density at radius 3 is 2.30 bits per heavy atom. The molecule has 192 valence electrons. The molecule has 6 rings (SSSR count). The maximum absolute atomic E-state index is 14.7. The van der Waals surface area contributed by atoms with Crippen molar-refractivity contribution in [3.63, 3.8) is 0 Å². The van der Waals surface area contributed by atoms with E-state index in [1.54, 1.807) is 14.2 Å². The number of likely N-dealkylation sites (tertiary alicyclic amines) is 1. The van der Waals surface area contributed by atoms with Crippen LogP contribution in [0.2, 0.25) is 0 Å². The van der Waals surface area contributed by atoms with Crippen LogP contribution >= 0.6 is 0 Å². The Balaban J connectivity index is 1.48. The lowest BCUT2D eigenvalue weighted by atomic mass is 9.65. The maximum atomic E-state index is 14.7. The van der Waals surface area contributed by atoms with Gasteiger partial charge in [0.15, 0.2) is 0 Å². The molecule has 2 aliphatic heterocycles. The Labute approximate surface area is 217 Å². The third-order valence-corrected chi connectivity index (χ3v) is 8.54. The van der Waals surface area contributed by atoms with Crippen LogP contribution in [0, 0.1) is 5.92 Å². The zero-order chi connectivity index (χ0) is 25.6. The SMILES string of the molecule is COc1ccc([C@H]2[C@H]3CCCC[C@]3(O)CCN2C(=O)C2c3ccccc3Oc3ccccc32)c(OC)c1. The summed E-state index contributed by atoms with van der Waals surface area (Å²) in [5.41, 5.74) is 1.86. The highest BCUT2D eigenvalue weighted by Crippen LogP contribution is 2.53. The van der Waals surface area contributed by atoms with Crippen LogP contribution in [0.3, 0.4) is 0 Å². The van der Waals surface area contributed by atoms with Crippen LogP contribution in [0.15, 0.2) is 66.7 Å². The molecule has 37 heavy (non-hydrogen) atoms. The molecule has 2 fully saturated rings. The zero-order valence-corrected chi connectivity index (χ0v) is 21.4. The number of piperidine rings is 1. The van der Waals surface area contributed by atoms with Crippen molar-refractivity contribution in [1.29, 1.82) is 0 Å². The Morgan fingerprint density at radius 2 is 1.62 bits per heavy atom. The van der Waals surface area contributed by atoms with E-state index in [-0.39, 0.29) is 17.9 Å². The summed E-state index contributed by atoms with van der Waals surface area (Å²) in [6, 6.07) is 21.1. The first kappa shape index (κ1) is 23.9. The van der Waals surface area contributed by atoms with Crippen molar-refractivity contribution in [2.45, 2.75) is 49.7 Å². The van der Waals surface area contributed by atoms with Gasteiger partial charge in [0.25, 0.3) is 0 Å². The number of ether oxygens (including phenoxy) is 3. The summed E-state index contributed by atoms with van der Waals surface area (Å²) in [5.74, 6) is 2.26. The second-order valence-electron chi connectivity index (χ2n) is 10.4. The van der Waals surface area contributed by atoms with E-state index in [4.69, 9.17) is 14.2 Å². The monoisotopic (exact) mass is 499 g/mol. The minimum atomic E-state index is -0.796. The number of aliphatic hydroxyl groups is 1. The summed E-state index contributed by atoms with van der Waals surface area (Å²) in [7, 11) is 3.27. The first-order valence-electron chi connectivity index (χ1n) is 13.1. The number of carbonyl (C=O) groups excluding carboxylic acids is 1. The van der Waals surface area contributed by atoms with Gasteiger partial charge in [-0.05, 0) is 43.5 Å². The Morgan fingerprint density at radius 1 is 0.919 bits per heavy atom. The van der Waals surface area contributed by atoms with Gasteiger partial charge in [-0.2, -0.15) is 0 Å². The molecular weight excluding hydrogens is 466 g/mol. The predicted octanol–water partition coefficient (Wildman–Crippen LogP) is 5.84. The number of rotatable bonds is 4. The molecule has 6 heteroatoms. The lowest BCUT2D eigenvalue weighted by Crippen LogP contribution is -2.57. The van der Waals surface area contributed by atoms with E-state index in [1.807, 2.05) is 71.6 Å². The fourth-order valence-corrected chi connectivity index (χ4v) is 6.72. The first-order chi connectivity index (χ1) is 18.0. The summed E-state index contributed by atoms with van der Waals surface area (Å²) < 4.78 is 17.4. The Kier molecular flexibility index (Phi) is 6.07. The molecule has 1 amide bonds. The standard InChI is InChI=1S/C31H33NO5/c1-35-20-14-15-23(27(19-20)36-2)29-24-11-7-8-16-31(24,34)17-18-32(29)30(33)28-21-9-3-5-12-25(21)37-26-13-6-4-10-22(26)28/h3-6,9-10,12-15,19,24,28-29,34H,7-8,11,16-18H2,1-2H3/t24-,29+,31+/m1/s1. The summed E-state index contributed by atoms with van der Waals surface area (Å²) in [5, 5.41) is 11.8. The number of fused-ring (bicyclic) bond motifs is 3. The molecular formula is C31H33NO5. The molecule has 3 aliphatic rings. The number of para-hydroxylation sites is 2. The van der Waals surface area contributed by atoms with Gasteiger partial charge in [0.1, 0.15) is 23.0 Å². The van der Waals surface area contributed by atoms with Crippen molar-refractivity contribution in [1.82, 2.24) is 4.90 Å². The topological polar surface area (TPSA) is 68.2 Å². The molecule has 0 spiro atoms. The van der Waals surface area contributed by atoms with E-state index < -0.39 is 11.5 Å². The highest BCUT2D eigenvalue weighted by molar-refractivity contribution is 5.90. The molecule has 3 aromatic carbocycles. The van der Waals surface area contributed by atoms with Crippen molar-refractivity contribution in [2.75, 3.05) is 20.8 Å². The summed E-state index contributed by atoms with van der Waals surface area (Å²) in [6.07, 6.45) is 4.24. The van der Waals surface area contributed by atoms with Crippen LogP contribution in [0.25, 0.3) is 0 Å². The van der Waals surface area contributed by atoms with Crippen molar-refractivity contribution in [3.8, 4) is 23.0 Å². The molecule has 0 bridgehead atoms. The van der Waals surface area contributed by atoms with Gasteiger partial charge in [-0.3, -0.25) is 4.79 Å². The third kappa shape index (κ3) is 3.95. The fourth-order valence-electron chi connectivity index (χ4n) is 6.72. The lowest BCUT2D eigenvalue weighted by Gasteiger charge is -2.53. The molecule has 3 atom stereocenters. The normalized spacial score (nSPS) is 24.8. The van der Waals surface area contributed by atoms with Crippen molar-refractivity contribution >= 4 is 5.91 Å². The van der Waals surface area contributed by atoms with Crippen molar-refractivity contribution in [3.05, 3.63) is 83.4 Å². The van der Waals surface area contributed by atoms with Gasteiger partial charge in [-0.1, -0.05) is 49.2 Å². The van der Waals surface area contributed by atoms with Gasteiger partial charge in [-0.15, -0.1) is 0 Å². The van der Waals surface area contributed by atoms with Crippen molar-refractivity contribution in [2.24, 2.45) is 5.92 Å². The molecule has 0 unspecified atom stereocenters. The maximum Gasteiger partial charge on any atom is 0.235 e. The molecule has 0 aromatic heterocycles. The molecule has 1 aliphatic carbocycles. The van der Waals surface area contributed by atoms with Crippen LogP contribution in [-0.4, -0.2) is 42.3 Å². The number of amides is 1. The second kappa shape index (κ2) is 9.42. The zero-order valence-electron chi connectivity index (χ0n) is 21.4. The number of hydrogen-bond acceptors (Lipinski definition) is 5. The lowest BCUT2D eigenvalue weighted by molar-refractivity contribution is -0.156. The highest BCUT2D eigenvalue weighted by atomic mass is 16.5. The van der Waals surface area contributed by atoms with Gasteiger partial charge in [0.2, 0.25) is 5.91 Å². The van der Waals surface area contributed by atoms with E-state index in [9.17, 15) is 9.90 Å². The molecule has 1 saturated carbocycles. The van der Waals surface area contributed by atoms with Gasteiger partial charge in [0, 0.05) is 35.2 Å². The van der Waals surface area contributed by atoms with E-state index in [2.05, 4.69) is 0 Å². The number of carbonyl (C=O) groups is 1. The van der Waals surface area contributed by atoms with Gasteiger partial charge < -0.3 is 24.2 Å². The van der Waals surface area contributed by atoms with Crippen molar-refractivity contribution < 1.29 is 24.1 Å². The largest absolute Gasteiger partial charge is 0.497 e. The fraction of sp³-hybridized carbons (Fsp3) is 0.387. The quantitative estimate of drug-likeness (QED) is 0.489. The number of benzene rings is 3. The van der Waals surface area contributed by atoms with Crippen LogP contribution in [0.1, 0.15) is 60.8 Å². The van der Waals surface area contributed by atoms with E-state index in [1.165, 1.54) is 0 Å². The third-order valence-electron chi connectivity index (χ3n) is 8.54. The van der Waals surface area contributed by atoms with E-state index in [0.29, 0.717) is 36.0 Å². The average molecular weight is 500 g/mol. The Bertz CT molecular complexity index is 1280. The Hall–Kier alpha value is -3.51. The van der Waals surface area contributed by atoms with E-state index in [0.717, 1.165) is 42.4 Å². The van der Waals surface area contributed by atoms with Gasteiger partial charge in [-0.25, -0.2) is 0 Å². The first-order valence-corrected chi connectivity index (χ1v) is 13.1. The van der Waals surface area contributed by atoms with Crippen LogP contribution in [0.5, 0.6) is 23.0 Å².